The van der Waals surface area contributed by atoms with E-state index >= 15 is 0 Å². The molecule has 0 radical (unpaired) electrons. The quantitative estimate of drug-likeness (QED) is 0.836. The maximum Gasteiger partial charge on any atom is 0.307 e. The highest BCUT2D eigenvalue weighted by atomic mass is 35.5. The van der Waals surface area contributed by atoms with Gasteiger partial charge in [-0.05, 0) is 60.2 Å². The van der Waals surface area contributed by atoms with E-state index in [-0.39, 0.29) is 17.4 Å². The van der Waals surface area contributed by atoms with Crippen LogP contribution in [0.2, 0.25) is 5.02 Å². The Morgan fingerprint density at radius 1 is 1.16 bits per heavy atom. The van der Waals surface area contributed by atoms with E-state index in [0.29, 0.717) is 17.9 Å². The summed E-state index contributed by atoms with van der Waals surface area (Å²) in [5.41, 5.74) is 2.93. The second kappa shape index (κ2) is 7.15. The summed E-state index contributed by atoms with van der Waals surface area (Å²) in [5, 5.41) is 9.37. The van der Waals surface area contributed by atoms with E-state index in [1.54, 1.807) is 18.2 Å². The molecule has 1 aliphatic carbocycles. The van der Waals surface area contributed by atoms with Crippen molar-refractivity contribution in [1.82, 2.24) is 4.72 Å². The highest BCUT2D eigenvalue weighted by Crippen LogP contribution is 2.24. The molecule has 0 aliphatic heterocycles. The molecule has 1 aliphatic rings. The van der Waals surface area contributed by atoms with Crippen molar-refractivity contribution in [2.75, 3.05) is 0 Å². The monoisotopic (exact) mass is 379 g/mol. The van der Waals surface area contributed by atoms with Crippen LogP contribution in [-0.4, -0.2) is 25.5 Å². The lowest BCUT2D eigenvalue weighted by molar-refractivity contribution is -0.136. The zero-order valence-corrected chi connectivity index (χ0v) is 15.0. The van der Waals surface area contributed by atoms with Crippen LogP contribution < -0.4 is 4.72 Å². The summed E-state index contributed by atoms with van der Waals surface area (Å²) < 4.78 is 27.7. The Morgan fingerprint density at radius 3 is 2.56 bits per heavy atom. The van der Waals surface area contributed by atoms with Gasteiger partial charge in [0.1, 0.15) is 0 Å². The molecule has 0 bridgehead atoms. The first kappa shape index (κ1) is 17.9. The van der Waals surface area contributed by atoms with Gasteiger partial charge in [0.25, 0.3) is 0 Å². The molecule has 5 nitrogen and oxygen atoms in total. The maximum atomic E-state index is 12.5. The maximum absolute atomic E-state index is 12.5. The van der Waals surface area contributed by atoms with Crippen molar-refractivity contribution in [3.05, 3.63) is 64.2 Å². The predicted molar refractivity (Wildman–Crippen MR) is 95.4 cm³/mol. The van der Waals surface area contributed by atoms with Gasteiger partial charge in [-0.15, -0.1) is 0 Å². The third-order valence-corrected chi connectivity index (χ3v) is 6.09. The Bertz CT molecular complexity index is 894. The molecule has 2 aromatic rings. The van der Waals surface area contributed by atoms with Crippen LogP contribution in [0.1, 0.15) is 23.1 Å². The van der Waals surface area contributed by atoms with Crippen LogP contribution in [0.4, 0.5) is 0 Å². The van der Waals surface area contributed by atoms with Crippen molar-refractivity contribution in [2.45, 2.75) is 36.6 Å². The fourth-order valence-corrected chi connectivity index (χ4v) is 4.49. The van der Waals surface area contributed by atoms with Gasteiger partial charge in [0, 0.05) is 11.1 Å². The van der Waals surface area contributed by atoms with Crippen LogP contribution in [0, 0.1) is 0 Å². The Balaban J connectivity index is 1.72. The molecule has 0 saturated heterocycles. The Labute approximate surface area is 151 Å². The van der Waals surface area contributed by atoms with Gasteiger partial charge in [0.2, 0.25) is 10.0 Å². The summed E-state index contributed by atoms with van der Waals surface area (Å²) in [4.78, 5) is 11.0. The van der Waals surface area contributed by atoms with Gasteiger partial charge in [-0.25, -0.2) is 13.1 Å². The van der Waals surface area contributed by atoms with Crippen molar-refractivity contribution in [3.63, 3.8) is 0 Å². The standard InChI is InChI=1S/C18H18ClNO4S/c19-15-4-7-17(8-5-15)25(23,24)20-16-6-3-13-9-12(10-18(21)22)1-2-14(13)11-16/h1-2,4-5,7-9,16,20H,3,6,10-11H2,(H,21,22). The molecule has 7 heteroatoms. The number of aliphatic carboxylic acids is 1. The minimum atomic E-state index is -3.59. The van der Waals surface area contributed by atoms with E-state index in [2.05, 4.69) is 4.72 Å². The zero-order chi connectivity index (χ0) is 18.0. The minimum Gasteiger partial charge on any atom is -0.481 e. The number of aryl methyl sites for hydroxylation is 1. The number of sulfonamides is 1. The number of benzene rings is 2. The third-order valence-electron chi connectivity index (χ3n) is 4.30. The molecular weight excluding hydrogens is 362 g/mol. The number of halogens is 1. The lowest BCUT2D eigenvalue weighted by atomic mass is 9.87. The molecule has 0 spiro atoms. The topological polar surface area (TPSA) is 83.5 Å². The number of fused-ring (bicyclic) bond motifs is 1. The Morgan fingerprint density at radius 2 is 1.88 bits per heavy atom. The summed E-state index contributed by atoms with van der Waals surface area (Å²) in [6, 6.07) is 11.5. The summed E-state index contributed by atoms with van der Waals surface area (Å²) in [6.45, 7) is 0. The Kier molecular flexibility index (Phi) is 5.13. The number of hydrogen-bond donors (Lipinski definition) is 2. The first-order valence-corrected chi connectivity index (χ1v) is 9.80. The second-order valence-electron chi connectivity index (χ2n) is 6.19. The fourth-order valence-electron chi connectivity index (χ4n) is 3.09. The smallest absolute Gasteiger partial charge is 0.307 e. The largest absolute Gasteiger partial charge is 0.481 e. The van der Waals surface area contributed by atoms with Crippen LogP contribution in [0.15, 0.2) is 47.4 Å². The normalized spacial score (nSPS) is 17.1. The first-order chi connectivity index (χ1) is 11.8. The summed E-state index contributed by atoms with van der Waals surface area (Å²) in [6.07, 6.45) is 1.99. The number of hydrogen-bond acceptors (Lipinski definition) is 3. The van der Waals surface area contributed by atoms with E-state index in [0.717, 1.165) is 23.1 Å². The third kappa shape index (κ3) is 4.39. The number of carboxylic acid groups (broad SMARTS) is 1. The molecule has 1 unspecified atom stereocenters. The van der Waals surface area contributed by atoms with Gasteiger partial charge in [0.15, 0.2) is 0 Å². The molecule has 132 valence electrons. The van der Waals surface area contributed by atoms with Crippen LogP contribution >= 0.6 is 11.6 Å². The average molecular weight is 380 g/mol. The summed E-state index contributed by atoms with van der Waals surface area (Å²) in [5.74, 6) is -0.857. The molecule has 25 heavy (non-hydrogen) atoms. The van der Waals surface area contributed by atoms with E-state index in [9.17, 15) is 13.2 Å². The van der Waals surface area contributed by atoms with Crippen LogP contribution in [0.5, 0.6) is 0 Å². The molecular formula is C18H18ClNO4S. The molecule has 1 atom stereocenters. The molecule has 0 saturated carbocycles. The molecule has 2 N–H and O–H groups in total. The fraction of sp³-hybridized carbons (Fsp3) is 0.278. The van der Waals surface area contributed by atoms with Gasteiger partial charge in [-0.3, -0.25) is 4.79 Å². The molecule has 3 rings (SSSR count). The van der Waals surface area contributed by atoms with E-state index in [4.69, 9.17) is 16.7 Å². The van der Waals surface area contributed by atoms with Crippen molar-refractivity contribution in [2.24, 2.45) is 0 Å². The van der Waals surface area contributed by atoms with Crippen molar-refractivity contribution in [3.8, 4) is 0 Å². The van der Waals surface area contributed by atoms with Crippen molar-refractivity contribution in [1.29, 1.82) is 0 Å². The lowest BCUT2D eigenvalue weighted by Crippen LogP contribution is -2.38. The molecule has 0 fully saturated rings. The number of rotatable bonds is 5. The minimum absolute atomic E-state index is 0.0000946. The van der Waals surface area contributed by atoms with Crippen molar-refractivity contribution < 1.29 is 18.3 Å². The summed E-state index contributed by atoms with van der Waals surface area (Å²) in [7, 11) is -3.59. The molecule has 0 heterocycles. The first-order valence-electron chi connectivity index (χ1n) is 7.94. The van der Waals surface area contributed by atoms with Crippen LogP contribution in [0.25, 0.3) is 0 Å². The van der Waals surface area contributed by atoms with E-state index in [1.165, 1.54) is 12.1 Å². The van der Waals surface area contributed by atoms with Crippen molar-refractivity contribution >= 4 is 27.6 Å². The van der Waals surface area contributed by atoms with E-state index < -0.39 is 16.0 Å². The second-order valence-corrected chi connectivity index (χ2v) is 8.34. The molecule has 0 aromatic heterocycles. The van der Waals surface area contributed by atoms with Gasteiger partial charge in [-0.1, -0.05) is 29.8 Å². The van der Waals surface area contributed by atoms with E-state index in [1.807, 2.05) is 12.1 Å². The lowest BCUT2D eigenvalue weighted by Gasteiger charge is -2.26. The zero-order valence-electron chi connectivity index (χ0n) is 13.4. The average Bonchev–Trinajstić information content (AvgIpc) is 2.54. The van der Waals surface area contributed by atoms with Gasteiger partial charge >= 0.3 is 5.97 Å². The molecule has 2 aromatic carbocycles. The van der Waals surface area contributed by atoms with Gasteiger partial charge in [-0.2, -0.15) is 0 Å². The number of carboxylic acids is 1. The highest BCUT2D eigenvalue weighted by molar-refractivity contribution is 7.89. The van der Waals surface area contributed by atoms with Crippen LogP contribution in [-0.2, 0) is 34.1 Å². The summed E-state index contributed by atoms with van der Waals surface area (Å²) >= 11 is 5.80. The molecule has 0 amide bonds. The SMILES string of the molecule is O=C(O)Cc1ccc2c(c1)CCC(NS(=O)(=O)c1ccc(Cl)cc1)C2. The number of carbonyl (C=O) groups is 1. The van der Waals surface area contributed by atoms with Crippen LogP contribution in [0.3, 0.4) is 0 Å². The Hall–Kier alpha value is -1.89. The highest BCUT2D eigenvalue weighted by Gasteiger charge is 2.24. The predicted octanol–water partition coefficient (Wildman–Crippen LogP) is 2.80. The van der Waals surface area contributed by atoms with Gasteiger partial charge in [0.05, 0.1) is 11.3 Å². The number of nitrogens with one attached hydrogen (secondary N) is 1. The van der Waals surface area contributed by atoms with Gasteiger partial charge < -0.3 is 5.11 Å².